The lowest BCUT2D eigenvalue weighted by molar-refractivity contribution is 1.32. The number of hydrogen-bond acceptors (Lipinski definition) is 1. The molecule has 0 radical (unpaired) electrons. The van der Waals surface area contributed by atoms with Crippen molar-refractivity contribution in [3.8, 4) is 17.2 Å². The summed E-state index contributed by atoms with van der Waals surface area (Å²) in [5.74, 6) is 0. The van der Waals surface area contributed by atoms with E-state index in [0.717, 1.165) is 0 Å². The maximum atomic E-state index is 8.79. The molecule has 0 saturated heterocycles. The van der Waals surface area contributed by atoms with Crippen molar-refractivity contribution in [2.75, 3.05) is 0 Å². The van der Waals surface area contributed by atoms with E-state index in [1.54, 1.807) is 0 Å². The van der Waals surface area contributed by atoms with E-state index in [1.807, 2.05) is 24.3 Å². The van der Waals surface area contributed by atoms with Gasteiger partial charge in [0.05, 0.1) is 11.6 Å². The summed E-state index contributed by atoms with van der Waals surface area (Å²) in [5.41, 5.74) is 7.02. The van der Waals surface area contributed by atoms with Crippen LogP contribution in [0.2, 0.25) is 0 Å². The van der Waals surface area contributed by atoms with Crippen molar-refractivity contribution in [1.29, 1.82) is 5.26 Å². The van der Waals surface area contributed by atoms with Crippen LogP contribution in [0.1, 0.15) is 22.3 Å². The van der Waals surface area contributed by atoms with Crippen molar-refractivity contribution >= 4 is 0 Å². The molecule has 0 unspecified atom stereocenters. The predicted octanol–water partition coefficient (Wildman–Crippen LogP) is 4.15. The number of hydrogen-bond donors (Lipinski definition) is 0. The average Bonchev–Trinajstić information content (AvgIpc) is 2.28. The standard InChI is InChI=1S/C16H15N/c1-11-8-12(2)16(13(3)9-11)15-6-4-14(10-17)5-7-15/h4-9H,1-3H3. The van der Waals surface area contributed by atoms with E-state index in [1.165, 1.54) is 27.8 Å². The van der Waals surface area contributed by atoms with Gasteiger partial charge < -0.3 is 0 Å². The molecule has 0 saturated carbocycles. The van der Waals surface area contributed by atoms with E-state index in [9.17, 15) is 0 Å². The molecule has 0 bridgehead atoms. The zero-order chi connectivity index (χ0) is 12.4. The van der Waals surface area contributed by atoms with Crippen LogP contribution in [0.4, 0.5) is 0 Å². The van der Waals surface area contributed by atoms with Gasteiger partial charge in [-0.05, 0) is 55.2 Å². The van der Waals surface area contributed by atoms with E-state index in [0.29, 0.717) is 5.56 Å². The van der Waals surface area contributed by atoms with E-state index < -0.39 is 0 Å². The van der Waals surface area contributed by atoms with Gasteiger partial charge in [-0.3, -0.25) is 0 Å². The molecule has 0 aromatic heterocycles. The van der Waals surface area contributed by atoms with E-state index in [4.69, 9.17) is 5.26 Å². The molecule has 0 heterocycles. The van der Waals surface area contributed by atoms with Gasteiger partial charge in [-0.25, -0.2) is 0 Å². The van der Waals surface area contributed by atoms with Crippen LogP contribution in [-0.4, -0.2) is 0 Å². The average molecular weight is 221 g/mol. The zero-order valence-corrected chi connectivity index (χ0v) is 10.4. The van der Waals surface area contributed by atoms with Crippen molar-refractivity contribution in [3.05, 3.63) is 58.7 Å². The first kappa shape index (κ1) is 11.4. The highest BCUT2D eigenvalue weighted by Crippen LogP contribution is 2.28. The van der Waals surface area contributed by atoms with Gasteiger partial charge in [0, 0.05) is 0 Å². The molecule has 1 nitrogen and oxygen atoms in total. The van der Waals surface area contributed by atoms with Gasteiger partial charge in [-0.15, -0.1) is 0 Å². The van der Waals surface area contributed by atoms with Crippen molar-refractivity contribution in [2.24, 2.45) is 0 Å². The van der Waals surface area contributed by atoms with Gasteiger partial charge in [-0.1, -0.05) is 29.8 Å². The third kappa shape index (κ3) is 2.21. The van der Waals surface area contributed by atoms with Crippen LogP contribution >= 0.6 is 0 Å². The van der Waals surface area contributed by atoms with Crippen LogP contribution in [-0.2, 0) is 0 Å². The largest absolute Gasteiger partial charge is 0.192 e. The monoisotopic (exact) mass is 221 g/mol. The highest BCUT2D eigenvalue weighted by molar-refractivity contribution is 5.71. The Morgan fingerprint density at radius 1 is 0.882 bits per heavy atom. The molecule has 0 amide bonds. The quantitative estimate of drug-likeness (QED) is 0.709. The molecule has 0 atom stereocenters. The van der Waals surface area contributed by atoms with Gasteiger partial charge in [0.1, 0.15) is 0 Å². The second kappa shape index (κ2) is 4.43. The van der Waals surface area contributed by atoms with E-state index in [2.05, 4.69) is 39.0 Å². The molecular formula is C16H15N. The summed E-state index contributed by atoms with van der Waals surface area (Å²) < 4.78 is 0. The Morgan fingerprint density at radius 3 is 1.88 bits per heavy atom. The maximum Gasteiger partial charge on any atom is 0.0991 e. The lowest BCUT2D eigenvalue weighted by Gasteiger charge is -2.11. The number of rotatable bonds is 1. The van der Waals surface area contributed by atoms with Crippen LogP contribution in [0.15, 0.2) is 36.4 Å². The van der Waals surface area contributed by atoms with Gasteiger partial charge in [-0.2, -0.15) is 5.26 Å². The lowest BCUT2D eigenvalue weighted by Crippen LogP contribution is -1.90. The van der Waals surface area contributed by atoms with Gasteiger partial charge >= 0.3 is 0 Å². The van der Waals surface area contributed by atoms with Gasteiger partial charge in [0.25, 0.3) is 0 Å². The van der Waals surface area contributed by atoms with Crippen LogP contribution in [0, 0.1) is 32.1 Å². The predicted molar refractivity (Wildman–Crippen MR) is 70.8 cm³/mol. The van der Waals surface area contributed by atoms with Crippen LogP contribution < -0.4 is 0 Å². The fourth-order valence-electron chi connectivity index (χ4n) is 2.35. The molecule has 0 N–H and O–H groups in total. The fourth-order valence-corrected chi connectivity index (χ4v) is 2.35. The summed E-state index contributed by atoms with van der Waals surface area (Å²) in [5, 5.41) is 8.79. The zero-order valence-electron chi connectivity index (χ0n) is 10.4. The first-order valence-electron chi connectivity index (χ1n) is 5.70. The highest BCUT2D eigenvalue weighted by Gasteiger charge is 2.06. The molecule has 0 fully saturated rings. The second-order valence-corrected chi connectivity index (χ2v) is 4.46. The molecule has 2 aromatic carbocycles. The minimum atomic E-state index is 0.705. The summed E-state index contributed by atoms with van der Waals surface area (Å²) in [6.45, 7) is 6.38. The Balaban J connectivity index is 2.57. The maximum absolute atomic E-state index is 8.79. The summed E-state index contributed by atoms with van der Waals surface area (Å²) in [4.78, 5) is 0. The third-order valence-corrected chi connectivity index (χ3v) is 2.98. The topological polar surface area (TPSA) is 23.8 Å². The molecule has 0 spiro atoms. The Morgan fingerprint density at radius 2 is 1.41 bits per heavy atom. The van der Waals surface area contributed by atoms with E-state index in [-0.39, 0.29) is 0 Å². The smallest absolute Gasteiger partial charge is 0.0991 e. The first-order chi connectivity index (χ1) is 8.11. The molecule has 0 aliphatic carbocycles. The lowest BCUT2D eigenvalue weighted by atomic mass is 9.93. The Bertz CT molecular complexity index is 563. The molecule has 84 valence electrons. The van der Waals surface area contributed by atoms with E-state index >= 15 is 0 Å². The molecule has 0 aliphatic rings. The number of benzene rings is 2. The number of aryl methyl sites for hydroxylation is 3. The Labute approximate surface area is 102 Å². The van der Waals surface area contributed by atoms with Crippen LogP contribution in [0.25, 0.3) is 11.1 Å². The van der Waals surface area contributed by atoms with Crippen LogP contribution in [0.3, 0.4) is 0 Å². The third-order valence-electron chi connectivity index (χ3n) is 2.98. The van der Waals surface area contributed by atoms with Gasteiger partial charge in [0.15, 0.2) is 0 Å². The molecule has 1 heteroatoms. The minimum absolute atomic E-state index is 0.705. The first-order valence-corrected chi connectivity index (χ1v) is 5.70. The second-order valence-electron chi connectivity index (χ2n) is 4.46. The Kier molecular flexibility index (Phi) is 2.97. The molecule has 2 rings (SSSR count). The van der Waals surface area contributed by atoms with Crippen molar-refractivity contribution in [1.82, 2.24) is 0 Å². The summed E-state index contributed by atoms with van der Waals surface area (Å²) >= 11 is 0. The Hall–Kier alpha value is -2.07. The van der Waals surface area contributed by atoms with Gasteiger partial charge in [0.2, 0.25) is 0 Å². The van der Waals surface area contributed by atoms with Crippen molar-refractivity contribution < 1.29 is 0 Å². The molecular weight excluding hydrogens is 206 g/mol. The van der Waals surface area contributed by atoms with Crippen LogP contribution in [0.5, 0.6) is 0 Å². The summed E-state index contributed by atoms with van der Waals surface area (Å²) in [6, 6.07) is 14.3. The SMILES string of the molecule is Cc1cc(C)c(-c2ccc(C#N)cc2)c(C)c1. The normalized spacial score (nSPS) is 10.0. The molecule has 2 aromatic rings. The van der Waals surface area contributed by atoms with Crippen molar-refractivity contribution in [3.63, 3.8) is 0 Å². The summed E-state index contributed by atoms with van der Waals surface area (Å²) in [6.07, 6.45) is 0. The highest BCUT2D eigenvalue weighted by atomic mass is 14.2. The minimum Gasteiger partial charge on any atom is -0.192 e. The van der Waals surface area contributed by atoms with Crippen molar-refractivity contribution in [2.45, 2.75) is 20.8 Å². The number of nitriles is 1. The fraction of sp³-hybridized carbons (Fsp3) is 0.188. The number of nitrogens with zero attached hydrogens (tertiary/aromatic N) is 1. The molecule has 17 heavy (non-hydrogen) atoms. The molecule has 0 aliphatic heterocycles. The summed E-state index contributed by atoms with van der Waals surface area (Å²) in [7, 11) is 0.